The lowest BCUT2D eigenvalue weighted by atomic mass is 10.3. The Labute approximate surface area is 118 Å². The monoisotopic (exact) mass is 280 g/mol. The summed E-state index contributed by atoms with van der Waals surface area (Å²) in [5.41, 5.74) is 8.11. The number of anilines is 3. The standard InChI is InChI=1S/C13H20N4OS/c14-12-9-11(16-3-7-19-8-4-16)10-15-13(12)17-1-5-18-6-2-17/h9-10H,1-8,14H2. The summed E-state index contributed by atoms with van der Waals surface area (Å²) >= 11 is 2.01. The average Bonchev–Trinajstić information content (AvgIpc) is 2.49. The van der Waals surface area contributed by atoms with Gasteiger partial charge in [-0.1, -0.05) is 0 Å². The predicted octanol–water partition coefficient (Wildman–Crippen LogP) is 1.05. The Morgan fingerprint density at radius 3 is 2.53 bits per heavy atom. The molecule has 0 amide bonds. The first kappa shape index (κ1) is 12.9. The molecule has 0 atom stereocenters. The van der Waals surface area contributed by atoms with Gasteiger partial charge in [0.25, 0.3) is 0 Å². The van der Waals surface area contributed by atoms with Crippen molar-refractivity contribution in [3.8, 4) is 0 Å². The molecule has 0 unspecified atom stereocenters. The van der Waals surface area contributed by atoms with Gasteiger partial charge in [-0.3, -0.25) is 0 Å². The number of hydrogen-bond acceptors (Lipinski definition) is 6. The lowest BCUT2D eigenvalue weighted by molar-refractivity contribution is 0.122. The summed E-state index contributed by atoms with van der Waals surface area (Å²) in [7, 11) is 0. The Balaban J connectivity index is 1.76. The number of aromatic nitrogens is 1. The van der Waals surface area contributed by atoms with E-state index in [2.05, 4.69) is 20.9 Å². The van der Waals surface area contributed by atoms with Crippen molar-refractivity contribution < 1.29 is 4.74 Å². The van der Waals surface area contributed by atoms with Gasteiger partial charge in [-0.15, -0.1) is 0 Å². The van der Waals surface area contributed by atoms with Crippen molar-refractivity contribution in [2.75, 3.05) is 66.4 Å². The summed E-state index contributed by atoms with van der Waals surface area (Å²) in [6.07, 6.45) is 1.96. The zero-order valence-corrected chi connectivity index (χ0v) is 11.9. The molecule has 2 N–H and O–H groups in total. The first-order valence-electron chi connectivity index (χ1n) is 6.75. The fourth-order valence-electron chi connectivity index (χ4n) is 2.50. The van der Waals surface area contributed by atoms with E-state index < -0.39 is 0 Å². The van der Waals surface area contributed by atoms with Gasteiger partial charge < -0.3 is 20.3 Å². The molecule has 104 valence electrons. The molecule has 1 aromatic rings. The first-order valence-corrected chi connectivity index (χ1v) is 7.91. The van der Waals surface area contributed by atoms with Crippen LogP contribution in [0.1, 0.15) is 0 Å². The van der Waals surface area contributed by atoms with Gasteiger partial charge in [0, 0.05) is 37.7 Å². The Morgan fingerprint density at radius 2 is 1.84 bits per heavy atom. The molecule has 0 saturated carbocycles. The smallest absolute Gasteiger partial charge is 0.152 e. The second kappa shape index (κ2) is 5.88. The second-order valence-electron chi connectivity index (χ2n) is 4.81. The Kier molecular flexibility index (Phi) is 3.98. The van der Waals surface area contributed by atoms with Crippen LogP contribution >= 0.6 is 11.8 Å². The Bertz CT molecular complexity index is 431. The van der Waals surface area contributed by atoms with Crippen LogP contribution in [-0.4, -0.2) is 55.9 Å². The zero-order valence-electron chi connectivity index (χ0n) is 11.0. The average molecular weight is 280 g/mol. The van der Waals surface area contributed by atoms with E-state index in [1.807, 2.05) is 18.0 Å². The maximum absolute atomic E-state index is 6.18. The van der Waals surface area contributed by atoms with E-state index in [0.29, 0.717) is 0 Å². The molecule has 0 spiro atoms. The number of nitrogen functional groups attached to an aromatic ring is 1. The second-order valence-corrected chi connectivity index (χ2v) is 6.03. The Morgan fingerprint density at radius 1 is 1.11 bits per heavy atom. The molecular formula is C13H20N4OS. The summed E-state index contributed by atoms with van der Waals surface area (Å²) in [6.45, 7) is 5.43. The van der Waals surface area contributed by atoms with Crippen LogP contribution in [-0.2, 0) is 4.74 Å². The normalized spacial score (nSPS) is 20.6. The SMILES string of the molecule is Nc1cc(N2CCSCC2)cnc1N1CCOCC1. The van der Waals surface area contributed by atoms with E-state index >= 15 is 0 Å². The van der Waals surface area contributed by atoms with Crippen LogP contribution in [0.2, 0.25) is 0 Å². The number of morpholine rings is 1. The third-order valence-electron chi connectivity index (χ3n) is 3.57. The number of thioether (sulfide) groups is 1. The summed E-state index contributed by atoms with van der Waals surface area (Å²) in [5.74, 6) is 3.27. The molecule has 6 heteroatoms. The lowest BCUT2D eigenvalue weighted by Crippen LogP contribution is -2.37. The highest BCUT2D eigenvalue weighted by Crippen LogP contribution is 2.27. The molecule has 3 rings (SSSR count). The highest BCUT2D eigenvalue weighted by molar-refractivity contribution is 7.99. The third-order valence-corrected chi connectivity index (χ3v) is 4.51. The molecule has 2 fully saturated rings. The number of ether oxygens (including phenoxy) is 1. The van der Waals surface area contributed by atoms with Crippen LogP contribution in [0.4, 0.5) is 17.2 Å². The fourth-order valence-corrected chi connectivity index (χ4v) is 3.40. The van der Waals surface area contributed by atoms with E-state index in [4.69, 9.17) is 10.5 Å². The van der Waals surface area contributed by atoms with Gasteiger partial charge in [0.2, 0.25) is 0 Å². The van der Waals surface area contributed by atoms with Crippen LogP contribution in [0, 0.1) is 0 Å². The predicted molar refractivity (Wildman–Crippen MR) is 81.2 cm³/mol. The third kappa shape index (κ3) is 2.90. The van der Waals surface area contributed by atoms with Crippen molar-refractivity contribution >= 4 is 29.0 Å². The van der Waals surface area contributed by atoms with Crippen LogP contribution in [0.3, 0.4) is 0 Å². The number of rotatable bonds is 2. The zero-order chi connectivity index (χ0) is 13.1. The molecule has 0 radical (unpaired) electrons. The topological polar surface area (TPSA) is 54.6 Å². The minimum atomic E-state index is 0.756. The molecule has 19 heavy (non-hydrogen) atoms. The molecule has 1 aromatic heterocycles. The molecule has 0 aliphatic carbocycles. The first-order chi connectivity index (χ1) is 9.34. The lowest BCUT2D eigenvalue weighted by Gasteiger charge is -2.31. The van der Waals surface area contributed by atoms with Gasteiger partial charge in [-0.25, -0.2) is 4.98 Å². The van der Waals surface area contributed by atoms with Crippen molar-refractivity contribution in [2.24, 2.45) is 0 Å². The summed E-state index contributed by atoms with van der Waals surface area (Å²) < 4.78 is 5.36. The van der Waals surface area contributed by atoms with Crippen LogP contribution in [0.15, 0.2) is 12.3 Å². The van der Waals surface area contributed by atoms with Gasteiger partial charge in [-0.2, -0.15) is 11.8 Å². The van der Waals surface area contributed by atoms with Crippen molar-refractivity contribution in [1.82, 2.24) is 4.98 Å². The van der Waals surface area contributed by atoms with E-state index in [0.717, 1.165) is 56.6 Å². The van der Waals surface area contributed by atoms with Gasteiger partial charge >= 0.3 is 0 Å². The van der Waals surface area contributed by atoms with Gasteiger partial charge in [0.15, 0.2) is 5.82 Å². The van der Waals surface area contributed by atoms with E-state index in [1.54, 1.807) is 0 Å². The number of nitrogens with two attached hydrogens (primary N) is 1. The van der Waals surface area contributed by atoms with Crippen molar-refractivity contribution in [2.45, 2.75) is 0 Å². The highest BCUT2D eigenvalue weighted by atomic mass is 32.2. The summed E-state index contributed by atoms with van der Waals surface area (Å²) in [6, 6.07) is 2.06. The maximum atomic E-state index is 6.18. The molecule has 2 aliphatic rings. The van der Waals surface area contributed by atoms with Crippen molar-refractivity contribution in [3.63, 3.8) is 0 Å². The highest BCUT2D eigenvalue weighted by Gasteiger charge is 2.17. The number of nitrogens with zero attached hydrogens (tertiary/aromatic N) is 3. The van der Waals surface area contributed by atoms with E-state index in [9.17, 15) is 0 Å². The van der Waals surface area contributed by atoms with Crippen LogP contribution < -0.4 is 15.5 Å². The summed E-state index contributed by atoms with van der Waals surface area (Å²) in [4.78, 5) is 9.14. The van der Waals surface area contributed by atoms with E-state index in [-0.39, 0.29) is 0 Å². The molecular weight excluding hydrogens is 260 g/mol. The van der Waals surface area contributed by atoms with Gasteiger partial charge in [-0.05, 0) is 6.07 Å². The molecule has 0 aromatic carbocycles. The van der Waals surface area contributed by atoms with Crippen molar-refractivity contribution in [1.29, 1.82) is 0 Å². The molecule has 2 saturated heterocycles. The summed E-state index contributed by atoms with van der Waals surface area (Å²) in [5, 5.41) is 0. The van der Waals surface area contributed by atoms with E-state index in [1.165, 1.54) is 11.5 Å². The molecule has 5 nitrogen and oxygen atoms in total. The van der Waals surface area contributed by atoms with Gasteiger partial charge in [0.05, 0.1) is 30.8 Å². The minimum Gasteiger partial charge on any atom is -0.396 e. The largest absolute Gasteiger partial charge is 0.396 e. The Hall–Kier alpha value is -1.14. The quantitative estimate of drug-likeness (QED) is 0.874. The maximum Gasteiger partial charge on any atom is 0.152 e. The minimum absolute atomic E-state index is 0.756. The van der Waals surface area contributed by atoms with Crippen LogP contribution in [0.5, 0.6) is 0 Å². The molecule has 3 heterocycles. The molecule has 0 bridgehead atoms. The molecule has 2 aliphatic heterocycles. The number of hydrogen-bond donors (Lipinski definition) is 1. The fraction of sp³-hybridized carbons (Fsp3) is 0.615. The van der Waals surface area contributed by atoms with Crippen molar-refractivity contribution in [3.05, 3.63) is 12.3 Å². The van der Waals surface area contributed by atoms with Crippen LogP contribution in [0.25, 0.3) is 0 Å². The number of pyridine rings is 1. The van der Waals surface area contributed by atoms with Gasteiger partial charge in [0.1, 0.15) is 0 Å².